The largest absolute Gasteiger partial charge is 0.342 e. The molecule has 0 aromatic heterocycles. The van der Waals surface area contributed by atoms with Crippen LogP contribution in [0.25, 0.3) is 0 Å². The van der Waals surface area contributed by atoms with Gasteiger partial charge in [-0.15, -0.1) is 0 Å². The number of carbonyl (C=O) groups excluding carboxylic acids is 1. The minimum Gasteiger partial charge on any atom is -0.342 e. The molecule has 0 spiro atoms. The highest BCUT2D eigenvalue weighted by atomic mass is 16.2. The van der Waals surface area contributed by atoms with E-state index in [0.29, 0.717) is 12.6 Å². The Morgan fingerprint density at radius 1 is 1.27 bits per heavy atom. The highest BCUT2D eigenvalue weighted by Gasteiger charge is 2.10. The molecular formula is C11H25N3O. The lowest BCUT2D eigenvalue weighted by Crippen LogP contribution is -2.43. The van der Waals surface area contributed by atoms with Crippen molar-refractivity contribution in [2.45, 2.75) is 26.8 Å². The molecular weight excluding hydrogens is 190 g/mol. The fraction of sp³-hybridized carbons (Fsp3) is 0.909. The predicted molar refractivity (Wildman–Crippen MR) is 63.9 cm³/mol. The first kappa shape index (κ1) is 14.4. The van der Waals surface area contributed by atoms with Crippen molar-refractivity contribution in [3.8, 4) is 0 Å². The van der Waals surface area contributed by atoms with E-state index in [1.165, 1.54) is 0 Å². The van der Waals surface area contributed by atoms with Gasteiger partial charge in [-0.1, -0.05) is 0 Å². The minimum absolute atomic E-state index is 0.186. The van der Waals surface area contributed by atoms with Crippen molar-refractivity contribution in [2.75, 3.05) is 40.3 Å². The number of amides is 1. The van der Waals surface area contributed by atoms with Gasteiger partial charge in [0.05, 0.1) is 6.54 Å². The summed E-state index contributed by atoms with van der Waals surface area (Å²) in [7, 11) is 4.06. The van der Waals surface area contributed by atoms with E-state index in [9.17, 15) is 4.79 Å². The molecule has 0 aromatic carbocycles. The molecule has 15 heavy (non-hydrogen) atoms. The van der Waals surface area contributed by atoms with Crippen LogP contribution in [0.15, 0.2) is 0 Å². The lowest BCUT2D eigenvalue weighted by molar-refractivity contribution is -0.130. The van der Waals surface area contributed by atoms with E-state index in [-0.39, 0.29) is 5.91 Å². The molecule has 0 rings (SSSR count). The summed E-state index contributed by atoms with van der Waals surface area (Å²) in [4.78, 5) is 15.6. The van der Waals surface area contributed by atoms with Crippen molar-refractivity contribution < 1.29 is 4.79 Å². The summed E-state index contributed by atoms with van der Waals surface area (Å²) in [5, 5.41) is 3.23. The van der Waals surface area contributed by atoms with Gasteiger partial charge in [-0.3, -0.25) is 4.79 Å². The van der Waals surface area contributed by atoms with Crippen molar-refractivity contribution >= 4 is 5.91 Å². The van der Waals surface area contributed by atoms with Crippen LogP contribution in [0.3, 0.4) is 0 Å². The van der Waals surface area contributed by atoms with Crippen molar-refractivity contribution in [3.63, 3.8) is 0 Å². The fourth-order valence-corrected chi connectivity index (χ4v) is 1.56. The van der Waals surface area contributed by atoms with E-state index in [4.69, 9.17) is 0 Å². The second-order valence-corrected chi connectivity index (χ2v) is 4.11. The summed E-state index contributed by atoms with van der Waals surface area (Å²) in [6.45, 7) is 9.07. The van der Waals surface area contributed by atoms with Crippen LogP contribution in [0.2, 0.25) is 0 Å². The van der Waals surface area contributed by atoms with E-state index in [2.05, 4.69) is 17.1 Å². The molecule has 1 amide bonds. The van der Waals surface area contributed by atoms with Crippen LogP contribution < -0.4 is 5.32 Å². The third kappa shape index (κ3) is 6.47. The number of likely N-dealkylation sites (N-methyl/N-ethyl adjacent to an activating group) is 2. The molecule has 0 radical (unpaired) electrons. The lowest BCUT2D eigenvalue weighted by atomic mass is 10.3. The molecule has 1 N–H and O–H groups in total. The Morgan fingerprint density at radius 3 is 2.20 bits per heavy atom. The SMILES string of the molecule is CCN(CC)C(=O)CNC(C)CN(C)C. The number of rotatable bonds is 7. The van der Waals surface area contributed by atoms with Crippen molar-refractivity contribution in [3.05, 3.63) is 0 Å². The van der Waals surface area contributed by atoms with Gasteiger partial charge in [-0.2, -0.15) is 0 Å². The summed E-state index contributed by atoms with van der Waals surface area (Å²) < 4.78 is 0. The van der Waals surface area contributed by atoms with Gasteiger partial charge in [0.15, 0.2) is 0 Å². The number of hydrogen-bond acceptors (Lipinski definition) is 3. The third-order valence-electron chi connectivity index (χ3n) is 2.36. The van der Waals surface area contributed by atoms with Gasteiger partial charge in [0.25, 0.3) is 0 Å². The molecule has 0 aromatic rings. The van der Waals surface area contributed by atoms with Crippen LogP contribution in [0, 0.1) is 0 Å². The Morgan fingerprint density at radius 2 is 1.80 bits per heavy atom. The van der Waals surface area contributed by atoms with Gasteiger partial charge in [-0.05, 0) is 34.9 Å². The monoisotopic (exact) mass is 215 g/mol. The molecule has 0 saturated heterocycles. The van der Waals surface area contributed by atoms with E-state index in [1.54, 1.807) is 0 Å². The topological polar surface area (TPSA) is 35.6 Å². The van der Waals surface area contributed by atoms with Gasteiger partial charge in [0.1, 0.15) is 0 Å². The smallest absolute Gasteiger partial charge is 0.236 e. The maximum atomic E-state index is 11.6. The maximum absolute atomic E-state index is 11.6. The number of hydrogen-bond donors (Lipinski definition) is 1. The van der Waals surface area contributed by atoms with Crippen molar-refractivity contribution in [2.24, 2.45) is 0 Å². The highest BCUT2D eigenvalue weighted by molar-refractivity contribution is 5.78. The molecule has 1 atom stereocenters. The van der Waals surface area contributed by atoms with Gasteiger partial charge >= 0.3 is 0 Å². The van der Waals surface area contributed by atoms with Crippen LogP contribution in [0.5, 0.6) is 0 Å². The van der Waals surface area contributed by atoms with Crippen molar-refractivity contribution in [1.29, 1.82) is 0 Å². The zero-order chi connectivity index (χ0) is 11.8. The first-order valence-corrected chi connectivity index (χ1v) is 5.67. The zero-order valence-electron chi connectivity index (χ0n) is 10.7. The molecule has 0 fully saturated rings. The number of nitrogens with zero attached hydrogens (tertiary/aromatic N) is 2. The minimum atomic E-state index is 0.186. The Hall–Kier alpha value is -0.610. The standard InChI is InChI=1S/C11H25N3O/c1-6-14(7-2)11(15)8-12-10(3)9-13(4)5/h10,12H,6-9H2,1-5H3. The first-order chi connectivity index (χ1) is 7.01. The third-order valence-corrected chi connectivity index (χ3v) is 2.36. The van der Waals surface area contributed by atoms with Crippen molar-refractivity contribution in [1.82, 2.24) is 15.1 Å². The van der Waals surface area contributed by atoms with Crippen LogP contribution in [-0.2, 0) is 4.79 Å². The molecule has 0 bridgehead atoms. The van der Waals surface area contributed by atoms with Crippen LogP contribution in [0.1, 0.15) is 20.8 Å². The second-order valence-electron chi connectivity index (χ2n) is 4.11. The van der Waals surface area contributed by atoms with Crippen LogP contribution in [0.4, 0.5) is 0 Å². The summed E-state index contributed by atoms with van der Waals surface area (Å²) >= 11 is 0. The molecule has 0 aliphatic rings. The van der Waals surface area contributed by atoms with Gasteiger partial charge in [0.2, 0.25) is 5.91 Å². The van der Waals surface area contributed by atoms with Gasteiger partial charge in [-0.25, -0.2) is 0 Å². The van der Waals surface area contributed by atoms with E-state index < -0.39 is 0 Å². The van der Waals surface area contributed by atoms with Gasteiger partial charge < -0.3 is 15.1 Å². The average Bonchev–Trinajstić information content (AvgIpc) is 2.15. The molecule has 4 nitrogen and oxygen atoms in total. The molecule has 0 saturated carbocycles. The molecule has 90 valence electrons. The molecule has 4 heteroatoms. The summed E-state index contributed by atoms with van der Waals surface area (Å²) in [5.74, 6) is 0.186. The molecule has 0 heterocycles. The normalized spacial score (nSPS) is 12.9. The summed E-state index contributed by atoms with van der Waals surface area (Å²) in [6.07, 6.45) is 0. The van der Waals surface area contributed by atoms with E-state index >= 15 is 0 Å². The summed E-state index contributed by atoms with van der Waals surface area (Å²) in [6, 6.07) is 0.347. The quantitative estimate of drug-likeness (QED) is 0.667. The summed E-state index contributed by atoms with van der Waals surface area (Å²) in [5.41, 5.74) is 0. The van der Waals surface area contributed by atoms with Crippen LogP contribution in [-0.4, -0.2) is 62.0 Å². The Kier molecular flexibility index (Phi) is 7.34. The molecule has 0 aliphatic heterocycles. The predicted octanol–water partition coefficient (Wildman–Crippen LogP) is 0.395. The maximum Gasteiger partial charge on any atom is 0.236 e. The van der Waals surface area contributed by atoms with E-state index in [1.807, 2.05) is 32.8 Å². The lowest BCUT2D eigenvalue weighted by Gasteiger charge is -2.22. The number of carbonyl (C=O) groups is 1. The first-order valence-electron chi connectivity index (χ1n) is 5.67. The van der Waals surface area contributed by atoms with E-state index in [0.717, 1.165) is 19.6 Å². The zero-order valence-corrected chi connectivity index (χ0v) is 10.7. The van der Waals surface area contributed by atoms with Gasteiger partial charge in [0, 0.05) is 25.7 Å². The molecule has 1 unspecified atom stereocenters. The van der Waals surface area contributed by atoms with Crippen LogP contribution >= 0.6 is 0 Å². The Labute approximate surface area is 93.6 Å². The fourth-order valence-electron chi connectivity index (χ4n) is 1.56. The second kappa shape index (κ2) is 7.65. The Bertz CT molecular complexity index is 179. The number of nitrogens with one attached hydrogen (secondary N) is 1. The molecule has 0 aliphatic carbocycles. The Balaban J connectivity index is 3.79. The average molecular weight is 215 g/mol. The highest BCUT2D eigenvalue weighted by Crippen LogP contribution is 1.89.